The summed E-state index contributed by atoms with van der Waals surface area (Å²) in [6, 6.07) is -0.317. The SMILES string of the molecule is CSCC[C@@H](N)C(=O)NCC1(C2CC2)CC1. The van der Waals surface area contributed by atoms with Crippen LogP contribution in [-0.4, -0.2) is 30.5 Å². The molecule has 0 aromatic carbocycles. The fraction of sp³-hybridized carbons (Fsp3) is 0.917. The van der Waals surface area contributed by atoms with Crippen molar-refractivity contribution in [1.29, 1.82) is 0 Å². The summed E-state index contributed by atoms with van der Waals surface area (Å²) in [5.41, 5.74) is 6.30. The van der Waals surface area contributed by atoms with Gasteiger partial charge in [-0.15, -0.1) is 0 Å². The van der Waals surface area contributed by atoms with E-state index < -0.39 is 0 Å². The predicted molar refractivity (Wildman–Crippen MR) is 68.4 cm³/mol. The van der Waals surface area contributed by atoms with Crippen molar-refractivity contribution < 1.29 is 4.79 Å². The van der Waals surface area contributed by atoms with Crippen molar-refractivity contribution in [2.75, 3.05) is 18.6 Å². The lowest BCUT2D eigenvalue weighted by molar-refractivity contribution is -0.122. The standard InChI is InChI=1S/C12H22N2OS/c1-16-7-4-10(13)11(15)14-8-12(5-6-12)9-2-3-9/h9-10H,2-8,13H2,1H3,(H,14,15)/t10-/m1/s1. The molecule has 0 spiro atoms. The van der Waals surface area contributed by atoms with Crippen LogP contribution in [0.1, 0.15) is 32.1 Å². The van der Waals surface area contributed by atoms with Crippen molar-refractivity contribution in [2.45, 2.75) is 38.1 Å². The van der Waals surface area contributed by atoms with Gasteiger partial charge >= 0.3 is 0 Å². The van der Waals surface area contributed by atoms with Crippen molar-refractivity contribution in [3.05, 3.63) is 0 Å². The minimum atomic E-state index is -0.317. The second kappa shape index (κ2) is 4.96. The average Bonchev–Trinajstić information content (AvgIpc) is 3.14. The Kier molecular flexibility index (Phi) is 3.80. The molecule has 2 fully saturated rings. The maximum absolute atomic E-state index is 11.7. The van der Waals surface area contributed by atoms with E-state index >= 15 is 0 Å². The highest BCUT2D eigenvalue weighted by atomic mass is 32.2. The van der Waals surface area contributed by atoms with Crippen LogP contribution in [0, 0.1) is 11.3 Å². The molecule has 0 heterocycles. The van der Waals surface area contributed by atoms with Gasteiger partial charge in [-0.25, -0.2) is 0 Å². The highest BCUT2D eigenvalue weighted by molar-refractivity contribution is 7.98. The van der Waals surface area contributed by atoms with Crippen LogP contribution in [-0.2, 0) is 4.79 Å². The molecule has 0 aliphatic heterocycles. The lowest BCUT2D eigenvalue weighted by Gasteiger charge is -2.17. The third-order valence-electron chi connectivity index (χ3n) is 3.92. The maximum Gasteiger partial charge on any atom is 0.236 e. The first-order valence-corrected chi connectivity index (χ1v) is 7.59. The first-order chi connectivity index (χ1) is 7.68. The number of carbonyl (C=O) groups is 1. The number of nitrogens with two attached hydrogens (primary N) is 1. The Morgan fingerprint density at radius 3 is 2.75 bits per heavy atom. The van der Waals surface area contributed by atoms with Gasteiger partial charge in [-0.3, -0.25) is 4.79 Å². The summed E-state index contributed by atoms with van der Waals surface area (Å²) in [5, 5.41) is 3.04. The Morgan fingerprint density at radius 2 is 2.25 bits per heavy atom. The number of hydrogen-bond donors (Lipinski definition) is 2. The van der Waals surface area contributed by atoms with E-state index in [1.807, 2.05) is 6.26 Å². The van der Waals surface area contributed by atoms with Crippen LogP contribution in [0.3, 0.4) is 0 Å². The molecule has 2 rings (SSSR count). The number of nitrogens with one attached hydrogen (secondary N) is 1. The summed E-state index contributed by atoms with van der Waals surface area (Å²) in [7, 11) is 0. The van der Waals surface area contributed by atoms with Gasteiger partial charge < -0.3 is 11.1 Å². The number of amides is 1. The van der Waals surface area contributed by atoms with Crippen molar-refractivity contribution in [3.8, 4) is 0 Å². The first kappa shape index (κ1) is 12.2. The van der Waals surface area contributed by atoms with Crippen LogP contribution in [0.25, 0.3) is 0 Å². The van der Waals surface area contributed by atoms with Crippen LogP contribution in [0.5, 0.6) is 0 Å². The van der Waals surface area contributed by atoms with Gasteiger partial charge in [0.2, 0.25) is 5.91 Å². The molecule has 0 radical (unpaired) electrons. The lowest BCUT2D eigenvalue weighted by Crippen LogP contribution is -2.43. The Morgan fingerprint density at radius 1 is 1.56 bits per heavy atom. The molecule has 2 aliphatic rings. The van der Waals surface area contributed by atoms with Gasteiger partial charge in [-0.2, -0.15) is 11.8 Å². The van der Waals surface area contributed by atoms with E-state index in [0.717, 1.165) is 24.6 Å². The van der Waals surface area contributed by atoms with E-state index in [2.05, 4.69) is 5.32 Å². The summed E-state index contributed by atoms with van der Waals surface area (Å²) >= 11 is 1.74. The summed E-state index contributed by atoms with van der Waals surface area (Å²) in [6.07, 6.45) is 8.17. The molecule has 4 heteroatoms. The minimum Gasteiger partial charge on any atom is -0.354 e. The molecule has 0 saturated heterocycles. The highest BCUT2D eigenvalue weighted by Gasteiger charge is 2.53. The monoisotopic (exact) mass is 242 g/mol. The van der Waals surface area contributed by atoms with Crippen molar-refractivity contribution in [3.63, 3.8) is 0 Å². The van der Waals surface area contributed by atoms with Crippen molar-refractivity contribution in [1.82, 2.24) is 5.32 Å². The molecular weight excluding hydrogens is 220 g/mol. The first-order valence-electron chi connectivity index (χ1n) is 6.20. The molecule has 92 valence electrons. The zero-order valence-electron chi connectivity index (χ0n) is 10.00. The van der Waals surface area contributed by atoms with Crippen LogP contribution in [0.4, 0.5) is 0 Å². The Labute approximate surface area is 102 Å². The smallest absolute Gasteiger partial charge is 0.236 e. The van der Waals surface area contributed by atoms with Crippen LogP contribution < -0.4 is 11.1 Å². The van der Waals surface area contributed by atoms with E-state index in [1.165, 1.54) is 25.7 Å². The van der Waals surface area contributed by atoms with Gasteiger partial charge in [0.25, 0.3) is 0 Å². The predicted octanol–water partition coefficient (Wildman–Crippen LogP) is 1.37. The molecule has 0 unspecified atom stereocenters. The van der Waals surface area contributed by atoms with Crippen LogP contribution >= 0.6 is 11.8 Å². The van der Waals surface area contributed by atoms with Crippen LogP contribution in [0.15, 0.2) is 0 Å². The molecule has 3 N–H and O–H groups in total. The third-order valence-corrected chi connectivity index (χ3v) is 4.56. The van der Waals surface area contributed by atoms with E-state index in [9.17, 15) is 4.79 Å². The van der Waals surface area contributed by atoms with Gasteiger partial charge in [-0.1, -0.05) is 0 Å². The molecule has 1 amide bonds. The van der Waals surface area contributed by atoms with E-state index in [1.54, 1.807) is 11.8 Å². The Bertz CT molecular complexity index is 262. The summed E-state index contributed by atoms with van der Waals surface area (Å²) < 4.78 is 0. The summed E-state index contributed by atoms with van der Waals surface area (Å²) in [5.74, 6) is 1.90. The molecule has 1 atom stereocenters. The molecule has 0 aromatic rings. The minimum absolute atomic E-state index is 0.0426. The number of carbonyl (C=O) groups excluding carboxylic acids is 1. The second-order valence-corrected chi connectivity index (χ2v) is 6.23. The van der Waals surface area contributed by atoms with E-state index in [-0.39, 0.29) is 11.9 Å². The van der Waals surface area contributed by atoms with E-state index in [4.69, 9.17) is 5.73 Å². The number of rotatable bonds is 7. The quantitative estimate of drug-likeness (QED) is 0.709. The zero-order chi connectivity index (χ0) is 11.6. The molecule has 0 bridgehead atoms. The van der Waals surface area contributed by atoms with E-state index in [0.29, 0.717) is 5.41 Å². The van der Waals surface area contributed by atoms with Crippen LogP contribution in [0.2, 0.25) is 0 Å². The molecule has 0 aromatic heterocycles. The van der Waals surface area contributed by atoms with Gasteiger partial charge in [-0.05, 0) is 55.4 Å². The topological polar surface area (TPSA) is 55.1 Å². The molecule has 2 saturated carbocycles. The summed E-state index contributed by atoms with van der Waals surface area (Å²) in [4.78, 5) is 11.7. The fourth-order valence-electron chi connectivity index (χ4n) is 2.36. The Hall–Kier alpha value is -0.220. The van der Waals surface area contributed by atoms with Gasteiger partial charge in [0.1, 0.15) is 0 Å². The average molecular weight is 242 g/mol. The van der Waals surface area contributed by atoms with Crippen molar-refractivity contribution >= 4 is 17.7 Å². The van der Waals surface area contributed by atoms with Crippen molar-refractivity contribution in [2.24, 2.45) is 17.1 Å². The van der Waals surface area contributed by atoms with Gasteiger partial charge in [0.05, 0.1) is 6.04 Å². The van der Waals surface area contributed by atoms with Gasteiger partial charge in [0, 0.05) is 6.54 Å². The normalized spacial score (nSPS) is 23.9. The largest absolute Gasteiger partial charge is 0.354 e. The zero-order valence-corrected chi connectivity index (χ0v) is 10.8. The highest BCUT2D eigenvalue weighted by Crippen LogP contribution is 2.60. The summed E-state index contributed by atoms with van der Waals surface area (Å²) in [6.45, 7) is 0.865. The lowest BCUT2D eigenvalue weighted by atomic mass is 10.0. The second-order valence-electron chi connectivity index (χ2n) is 5.24. The Balaban J connectivity index is 1.67. The number of thioether (sulfide) groups is 1. The number of hydrogen-bond acceptors (Lipinski definition) is 3. The molecule has 2 aliphatic carbocycles. The molecule has 16 heavy (non-hydrogen) atoms. The fourth-order valence-corrected chi connectivity index (χ4v) is 2.85. The maximum atomic E-state index is 11.7. The molecular formula is C12H22N2OS. The van der Waals surface area contributed by atoms with Gasteiger partial charge in [0.15, 0.2) is 0 Å². The third kappa shape index (κ3) is 2.92. The molecule has 3 nitrogen and oxygen atoms in total.